The number of rotatable bonds is 3. The summed E-state index contributed by atoms with van der Waals surface area (Å²) in [5.41, 5.74) is -0.00634. The molecule has 0 fully saturated rings. The van der Waals surface area contributed by atoms with Gasteiger partial charge in [0.05, 0.1) is 12.7 Å². The average Bonchev–Trinajstić information content (AvgIpc) is 2.38. The predicted molar refractivity (Wildman–Crippen MR) is 63.1 cm³/mol. The van der Waals surface area contributed by atoms with E-state index in [0.29, 0.717) is 5.75 Å². The lowest BCUT2D eigenvalue weighted by atomic mass is 10.1. The summed E-state index contributed by atoms with van der Waals surface area (Å²) in [6, 6.07) is 7.43. The summed E-state index contributed by atoms with van der Waals surface area (Å²) in [7, 11) is 1.44. The molecule has 0 aliphatic carbocycles. The molecule has 0 amide bonds. The van der Waals surface area contributed by atoms with Crippen molar-refractivity contribution in [1.82, 2.24) is 4.98 Å². The standard InChI is InChI=1S/C13H10FNO3/c1-18-10-6-3-7-15-12(10)8-4-2-5-9(11(8)14)13(16)17/h2-7H,1H3,(H,16,17). The number of methoxy groups -OCH3 is 1. The fraction of sp³-hybridized carbons (Fsp3) is 0.0769. The first-order valence-corrected chi connectivity index (χ1v) is 5.16. The second kappa shape index (κ2) is 4.83. The van der Waals surface area contributed by atoms with Gasteiger partial charge in [-0.05, 0) is 24.3 Å². The van der Waals surface area contributed by atoms with E-state index in [0.717, 1.165) is 0 Å². The van der Waals surface area contributed by atoms with Gasteiger partial charge in [-0.2, -0.15) is 0 Å². The zero-order valence-electron chi connectivity index (χ0n) is 9.55. The van der Waals surface area contributed by atoms with Gasteiger partial charge in [0.15, 0.2) is 0 Å². The van der Waals surface area contributed by atoms with E-state index in [1.807, 2.05) is 0 Å². The fourth-order valence-electron chi connectivity index (χ4n) is 1.64. The van der Waals surface area contributed by atoms with Crippen LogP contribution < -0.4 is 4.74 Å². The minimum atomic E-state index is -1.32. The number of halogens is 1. The van der Waals surface area contributed by atoms with Crippen LogP contribution in [0.3, 0.4) is 0 Å². The summed E-state index contributed by atoms with van der Waals surface area (Å²) < 4.78 is 19.1. The largest absolute Gasteiger partial charge is 0.494 e. The Hall–Kier alpha value is -2.43. The van der Waals surface area contributed by atoms with Crippen molar-refractivity contribution in [3.8, 4) is 17.0 Å². The summed E-state index contributed by atoms with van der Waals surface area (Å²) in [5.74, 6) is -1.75. The van der Waals surface area contributed by atoms with Crippen LogP contribution >= 0.6 is 0 Å². The van der Waals surface area contributed by atoms with Gasteiger partial charge in [0.2, 0.25) is 0 Å². The number of ether oxygens (including phenoxy) is 1. The first kappa shape index (κ1) is 12.0. The molecular weight excluding hydrogens is 237 g/mol. The first-order valence-electron chi connectivity index (χ1n) is 5.16. The average molecular weight is 247 g/mol. The molecule has 1 aromatic carbocycles. The molecule has 0 aliphatic rings. The molecule has 2 aromatic rings. The van der Waals surface area contributed by atoms with Crippen LogP contribution in [0.1, 0.15) is 10.4 Å². The van der Waals surface area contributed by atoms with Crippen molar-refractivity contribution in [3.63, 3.8) is 0 Å². The maximum atomic E-state index is 14.0. The number of aromatic carboxylic acids is 1. The van der Waals surface area contributed by atoms with Crippen molar-refractivity contribution in [2.75, 3.05) is 7.11 Å². The van der Waals surface area contributed by atoms with Gasteiger partial charge in [0, 0.05) is 11.8 Å². The monoisotopic (exact) mass is 247 g/mol. The third kappa shape index (κ3) is 2.02. The van der Waals surface area contributed by atoms with Crippen LogP contribution in [0.15, 0.2) is 36.5 Å². The number of hydrogen-bond donors (Lipinski definition) is 1. The van der Waals surface area contributed by atoms with Crippen molar-refractivity contribution in [3.05, 3.63) is 47.9 Å². The Morgan fingerprint density at radius 2 is 2.11 bits per heavy atom. The predicted octanol–water partition coefficient (Wildman–Crippen LogP) is 2.59. The first-order chi connectivity index (χ1) is 8.65. The molecule has 92 valence electrons. The molecule has 1 N–H and O–H groups in total. The summed E-state index contributed by atoms with van der Waals surface area (Å²) in [6.07, 6.45) is 1.49. The summed E-state index contributed by atoms with van der Waals surface area (Å²) in [4.78, 5) is 14.9. The lowest BCUT2D eigenvalue weighted by Gasteiger charge is -2.09. The van der Waals surface area contributed by atoms with Gasteiger partial charge in [-0.25, -0.2) is 9.18 Å². The number of hydrogen-bond acceptors (Lipinski definition) is 3. The molecule has 0 saturated heterocycles. The lowest BCUT2D eigenvalue weighted by molar-refractivity contribution is 0.0692. The summed E-state index contributed by atoms with van der Waals surface area (Å²) >= 11 is 0. The highest BCUT2D eigenvalue weighted by molar-refractivity contribution is 5.90. The Kier molecular flexibility index (Phi) is 3.23. The van der Waals surface area contributed by atoms with Gasteiger partial charge in [-0.3, -0.25) is 4.98 Å². The quantitative estimate of drug-likeness (QED) is 0.905. The minimum Gasteiger partial charge on any atom is -0.494 e. The van der Waals surface area contributed by atoms with E-state index in [1.165, 1.54) is 31.5 Å². The van der Waals surface area contributed by atoms with Gasteiger partial charge in [-0.1, -0.05) is 6.07 Å². The number of pyridine rings is 1. The van der Waals surface area contributed by atoms with Gasteiger partial charge >= 0.3 is 5.97 Å². The maximum absolute atomic E-state index is 14.0. The van der Waals surface area contributed by atoms with E-state index in [2.05, 4.69) is 4.98 Å². The fourth-order valence-corrected chi connectivity index (χ4v) is 1.64. The molecule has 2 rings (SSSR count). The zero-order chi connectivity index (χ0) is 13.1. The molecule has 0 spiro atoms. The Labute approximate surface area is 103 Å². The Morgan fingerprint density at radius 1 is 1.33 bits per heavy atom. The van der Waals surface area contributed by atoms with E-state index in [1.54, 1.807) is 12.1 Å². The van der Waals surface area contributed by atoms with Crippen LogP contribution in [0.25, 0.3) is 11.3 Å². The molecule has 0 aliphatic heterocycles. The Bertz CT molecular complexity index is 599. The minimum absolute atomic E-state index is 0.104. The van der Waals surface area contributed by atoms with Crippen molar-refractivity contribution in [1.29, 1.82) is 0 Å². The van der Waals surface area contributed by atoms with Crippen LogP contribution in [0, 0.1) is 5.82 Å². The van der Waals surface area contributed by atoms with Gasteiger partial charge < -0.3 is 9.84 Å². The van der Waals surface area contributed by atoms with E-state index in [4.69, 9.17) is 9.84 Å². The van der Waals surface area contributed by atoms with Crippen LogP contribution in [-0.2, 0) is 0 Å². The highest BCUT2D eigenvalue weighted by Crippen LogP contribution is 2.30. The van der Waals surface area contributed by atoms with E-state index < -0.39 is 11.8 Å². The van der Waals surface area contributed by atoms with Crippen molar-refractivity contribution < 1.29 is 19.0 Å². The molecule has 5 heteroatoms. The third-order valence-corrected chi connectivity index (χ3v) is 2.47. The highest BCUT2D eigenvalue weighted by atomic mass is 19.1. The number of carboxylic acid groups (broad SMARTS) is 1. The molecule has 0 unspecified atom stereocenters. The zero-order valence-corrected chi connectivity index (χ0v) is 9.55. The molecule has 18 heavy (non-hydrogen) atoms. The number of aromatic nitrogens is 1. The van der Waals surface area contributed by atoms with E-state index in [-0.39, 0.29) is 16.8 Å². The van der Waals surface area contributed by atoms with Crippen LogP contribution in [0.5, 0.6) is 5.75 Å². The van der Waals surface area contributed by atoms with E-state index >= 15 is 0 Å². The maximum Gasteiger partial charge on any atom is 0.338 e. The third-order valence-electron chi connectivity index (χ3n) is 2.47. The summed E-state index contributed by atoms with van der Waals surface area (Å²) in [6.45, 7) is 0. The number of nitrogens with zero attached hydrogens (tertiary/aromatic N) is 1. The number of benzene rings is 1. The van der Waals surface area contributed by atoms with Crippen molar-refractivity contribution in [2.45, 2.75) is 0 Å². The van der Waals surface area contributed by atoms with Gasteiger partial charge in [0.25, 0.3) is 0 Å². The smallest absolute Gasteiger partial charge is 0.338 e. The summed E-state index contributed by atoms with van der Waals surface area (Å²) in [5, 5.41) is 8.87. The molecule has 0 saturated carbocycles. The van der Waals surface area contributed by atoms with Crippen molar-refractivity contribution in [2.24, 2.45) is 0 Å². The van der Waals surface area contributed by atoms with Gasteiger partial charge in [-0.15, -0.1) is 0 Å². The second-order valence-corrected chi connectivity index (χ2v) is 3.53. The SMILES string of the molecule is COc1cccnc1-c1cccc(C(=O)O)c1F. The van der Waals surface area contributed by atoms with Gasteiger partial charge in [0.1, 0.15) is 17.3 Å². The van der Waals surface area contributed by atoms with Crippen molar-refractivity contribution >= 4 is 5.97 Å². The number of carboxylic acids is 1. The molecule has 0 radical (unpaired) electrons. The Morgan fingerprint density at radius 3 is 2.78 bits per heavy atom. The molecule has 1 aromatic heterocycles. The highest BCUT2D eigenvalue weighted by Gasteiger charge is 2.17. The number of carbonyl (C=O) groups is 1. The lowest BCUT2D eigenvalue weighted by Crippen LogP contribution is -2.02. The van der Waals surface area contributed by atoms with Crippen LogP contribution in [0.4, 0.5) is 4.39 Å². The molecule has 0 bridgehead atoms. The van der Waals surface area contributed by atoms with E-state index in [9.17, 15) is 9.18 Å². The second-order valence-electron chi connectivity index (χ2n) is 3.53. The normalized spacial score (nSPS) is 10.1. The van der Waals surface area contributed by atoms with Crippen LogP contribution in [-0.4, -0.2) is 23.2 Å². The van der Waals surface area contributed by atoms with Crippen LogP contribution in [0.2, 0.25) is 0 Å². The molecular formula is C13H10FNO3. The topological polar surface area (TPSA) is 59.4 Å². The molecule has 4 nitrogen and oxygen atoms in total. The molecule has 0 atom stereocenters. The molecule has 1 heterocycles. The Balaban J connectivity index is 2.64.